The summed E-state index contributed by atoms with van der Waals surface area (Å²) in [7, 11) is 0. The zero-order valence-corrected chi connectivity index (χ0v) is 16.4. The standard InChI is InChI=1S/C20H23N3O3S/c1-4-18(24)21-15-10-8-11-16(13(15)3)22-20(27)23-19(25)14-9-6-7-12-17(14)26-5-2/h6-12H,4-5H2,1-3H3,(H,21,24)(H2,22,23,25,27). The van der Waals surface area contributed by atoms with Crippen LogP contribution in [-0.2, 0) is 4.79 Å². The van der Waals surface area contributed by atoms with Crippen LogP contribution in [0.25, 0.3) is 0 Å². The third-order valence-electron chi connectivity index (χ3n) is 3.84. The molecule has 0 aliphatic heterocycles. The molecule has 0 atom stereocenters. The number of amides is 2. The summed E-state index contributed by atoms with van der Waals surface area (Å²) < 4.78 is 5.48. The second kappa shape index (κ2) is 9.68. The van der Waals surface area contributed by atoms with E-state index in [2.05, 4.69) is 16.0 Å². The van der Waals surface area contributed by atoms with Gasteiger partial charge in [-0.05, 0) is 55.9 Å². The van der Waals surface area contributed by atoms with Gasteiger partial charge in [0.25, 0.3) is 5.91 Å². The zero-order chi connectivity index (χ0) is 19.8. The lowest BCUT2D eigenvalue weighted by Crippen LogP contribution is -2.34. The van der Waals surface area contributed by atoms with Crippen LogP contribution < -0.4 is 20.7 Å². The molecule has 0 bridgehead atoms. The normalized spacial score (nSPS) is 10.0. The van der Waals surface area contributed by atoms with Crippen molar-refractivity contribution in [3.63, 3.8) is 0 Å². The van der Waals surface area contributed by atoms with Gasteiger partial charge in [-0.1, -0.05) is 25.1 Å². The SMILES string of the molecule is CCOc1ccccc1C(=O)NC(=S)Nc1cccc(NC(=O)CC)c1C. The highest BCUT2D eigenvalue weighted by Gasteiger charge is 2.14. The van der Waals surface area contributed by atoms with Gasteiger partial charge in [-0.25, -0.2) is 0 Å². The lowest BCUT2D eigenvalue weighted by atomic mass is 10.1. The molecule has 2 rings (SSSR count). The molecule has 3 N–H and O–H groups in total. The van der Waals surface area contributed by atoms with Gasteiger partial charge in [-0.3, -0.25) is 14.9 Å². The number of rotatable bonds is 6. The molecular weight excluding hydrogens is 362 g/mol. The van der Waals surface area contributed by atoms with Crippen molar-refractivity contribution in [1.29, 1.82) is 0 Å². The van der Waals surface area contributed by atoms with Crippen molar-refractivity contribution in [2.24, 2.45) is 0 Å². The number of nitrogens with one attached hydrogen (secondary N) is 3. The van der Waals surface area contributed by atoms with Gasteiger partial charge in [0.2, 0.25) is 5.91 Å². The Morgan fingerprint density at radius 1 is 1.00 bits per heavy atom. The predicted octanol–water partition coefficient (Wildman–Crippen LogP) is 3.87. The number of hydrogen-bond donors (Lipinski definition) is 3. The van der Waals surface area contributed by atoms with Gasteiger partial charge >= 0.3 is 0 Å². The van der Waals surface area contributed by atoms with E-state index in [1.807, 2.05) is 26.0 Å². The van der Waals surface area contributed by atoms with Crippen LogP contribution in [0.15, 0.2) is 42.5 Å². The molecule has 27 heavy (non-hydrogen) atoms. The highest BCUT2D eigenvalue weighted by molar-refractivity contribution is 7.80. The maximum absolute atomic E-state index is 12.5. The minimum Gasteiger partial charge on any atom is -0.493 e. The summed E-state index contributed by atoms with van der Waals surface area (Å²) in [6, 6.07) is 12.4. The summed E-state index contributed by atoms with van der Waals surface area (Å²) in [5.41, 5.74) is 2.63. The number of anilines is 2. The van der Waals surface area contributed by atoms with Crippen LogP contribution in [0.2, 0.25) is 0 Å². The average molecular weight is 385 g/mol. The Morgan fingerprint density at radius 2 is 1.67 bits per heavy atom. The molecule has 142 valence electrons. The van der Waals surface area contributed by atoms with E-state index in [1.54, 1.807) is 37.3 Å². The van der Waals surface area contributed by atoms with Gasteiger partial charge in [-0.2, -0.15) is 0 Å². The molecule has 0 saturated carbocycles. The van der Waals surface area contributed by atoms with Crippen molar-refractivity contribution in [2.45, 2.75) is 27.2 Å². The monoisotopic (exact) mass is 385 g/mol. The lowest BCUT2D eigenvalue weighted by molar-refractivity contribution is -0.115. The molecule has 2 aromatic rings. The lowest BCUT2D eigenvalue weighted by Gasteiger charge is -2.15. The van der Waals surface area contributed by atoms with Crippen molar-refractivity contribution in [1.82, 2.24) is 5.32 Å². The van der Waals surface area contributed by atoms with E-state index in [-0.39, 0.29) is 16.9 Å². The number of hydrogen-bond acceptors (Lipinski definition) is 4. The van der Waals surface area contributed by atoms with E-state index >= 15 is 0 Å². The summed E-state index contributed by atoms with van der Waals surface area (Å²) in [6.07, 6.45) is 0.394. The van der Waals surface area contributed by atoms with E-state index in [1.165, 1.54) is 0 Å². The number of para-hydroxylation sites is 1. The van der Waals surface area contributed by atoms with E-state index in [9.17, 15) is 9.59 Å². The minimum atomic E-state index is -0.357. The van der Waals surface area contributed by atoms with E-state index in [0.29, 0.717) is 35.7 Å². The molecule has 0 aromatic heterocycles. The van der Waals surface area contributed by atoms with E-state index < -0.39 is 0 Å². The Bertz CT molecular complexity index is 852. The van der Waals surface area contributed by atoms with Crippen molar-refractivity contribution in [3.05, 3.63) is 53.6 Å². The van der Waals surface area contributed by atoms with Gasteiger partial charge in [0.05, 0.1) is 12.2 Å². The van der Waals surface area contributed by atoms with Gasteiger partial charge in [0, 0.05) is 17.8 Å². The molecule has 2 amide bonds. The third-order valence-corrected chi connectivity index (χ3v) is 4.04. The minimum absolute atomic E-state index is 0.0707. The Morgan fingerprint density at radius 3 is 2.33 bits per heavy atom. The molecule has 7 heteroatoms. The van der Waals surface area contributed by atoms with Crippen LogP contribution in [-0.4, -0.2) is 23.5 Å². The first kappa shape index (κ1) is 20.4. The molecule has 2 aromatic carbocycles. The molecule has 0 saturated heterocycles. The molecule has 0 aliphatic carbocycles. The fourth-order valence-electron chi connectivity index (χ4n) is 2.40. The van der Waals surface area contributed by atoms with Crippen LogP contribution >= 0.6 is 12.2 Å². The number of benzene rings is 2. The zero-order valence-electron chi connectivity index (χ0n) is 15.6. The topological polar surface area (TPSA) is 79.5 Å². The van der Waals surface area contributed by atoms with E-state index in [4.69, 9.17) is 17.0 Å². The molecule has 0 fully saturated rings. The first-order valence-corrected chi connectivity index (χ1v) is 9.10. The summed E-state index contributed by atoms with van der Waals surface area (Å²) in [5, 5.41) is 8.65. The van der Waals surface area contributed by atoms with Crippen LogP contribution in [0.3, 0.4) is 0 Å². The number of carbonyl (C=O) groups excluding carboxylic acids is 2. The molecule has 0 unspecified atom stereocenters. The fraction of sp³-hybridized carbons (Fsp3) is 0.250. The second-order valence-corrected chi connectivity index (χ2v) is 6.13. The first-order chi connectivity index (χ1) is 13.0. The Labute approximate surface area is 164 Å². The third kappa shape index (κ3) is 5.52. The predicted molar refractivity (Wildman–Crippen MR) is 111 cm³/mol. The second-order valence-electron chi connectivity index (χ2n) is 5.72. The Balaban J connectivity index is 2.09. The van der Waals surface area contributed by atoms with Crippen molar-refractivity contribution < 1.29 is 14.3 Å². The van der Waals surface area contributed by atoms with Gasteiger partial charge in [0.15, 0.2) is 5.11 Å². The number of ether oxygens (including phenoxy) is 1. The highest BCUT2D eigenvalue weighted by atomic mass is 32.1. The summed E-state index contributed by atoms with van der Waals surface area (Å²) in [5.74, 6) is 0.0732. The smallest absolute Gasteiger partial charge is 0.261 e. The maximum Gasteiger partial charge on any atom is 0.261 e. The summed E-state index contributed by atoms with van der Waals surface area (Å²) in [6.45, 7) is 5.97. The molecule has 0 spiro atoms. The first-order valence-electron chi connectivity index (χ1n) is 8.69. The summed E-state index contributed by atoms with van der Waals surface area (Å²) >= 11 is 5.26. The van der Waals surface area contributed by atoms with Crippen molar-refractivity contribution >= 4 is 40.5 Å². The van der Waals surface area contributed by atoms with Crippen LogP contribution in [0.4, 0.5) is 11.4 Å². The van der Waals surface area contributed by atoms with Gasteiger partial charge < -0.3 is 15.4 Å². The van der Waals surface area contributed by atoms with Crippen LogP contribution in [0.1, 0.15) is 36.2 Å². The quantitative estimate of drug-likeness (QED) is 0.658. The Hall–Kier alpha value is -2.93. The van der Waals surface area contributed by atoms with E-state index in [0.717, 1.165) is 5.56 Å². The average Bonchev–Trinajstić information content (AvgIpc) is 2.65. The van der Waals surface area contributed by atoms with Crippen molar-refractivity contribution in [3.8, 4) is 5.75 Å². The molecule has 0 aliphatic rings. The van der Waals surface area contributed by atoms with Gasteiger partial charge in [-0.15, -0.1) is 0 Å². The summed E-state index contributed by atoms with van der Waals surface area (Å²) in [4.78, 5) is 24.1. The largest absolute Gasteiger partial charge is 0.493 e. The molecule has 6 nitrogen and oxygen atoms in total. The van der Waals surface area contributed by atoms with Crippen LogP contribution in [0.5, 0.6) is 5.75 Å². The molecular formula is C20H23N3O3S. The number of thiocarbonyl (C=S) groups is 1. The molecule has 0 heterocycles. The Kier molecular flexibility index (Phi) is 7.31. The van der Waals surface area contributed by atoms with Crippen molar-refractivity contribution in [2.75, 3.05) is 17.2 Å². The maximum atomic E-state index is 12.5. The number of carbonyl (C=O) groups is 2. The van der Waals surface area contributed by atoms with Gasteiger partial charge in [0.1, 0.15) is 5.75 Å². The molecule has 0 radical (unpaired) electrons. The fourth-order valence-corrected chi connectivity index (χ4v) is 2.61. The highest BCUT2D eigenvalue weighted by Crippen LogP contribution is 2.23. The van der Waals surface area contributed by atoms with Crippen LogP contribution in [0, 0.1) is 6.92 Å².